The molecule has 21 heavy (non-hydrogen) atoms. The molecule has 0 unspecified atom stereocenters. The summed E-state index contributed by atoms with van der Waals surface area (Å²) >= 11 is 3.15. The minimum atomic E-state index is -0.377. The van der Waals surface area contributed by atoms with Crippen molar-refractivity contribution in [3.05, 3.63) is 46.8 Å². The molecule has 0 fully saturated rings. The van der Waals surface area contributed by atoms with Gasteiger partial charge in [0, 0.05) is 6.42 Å². The van der Waals surface area contributed by atoms with Gasteiger partial charge in [0.1, 0.15) is 0 Å². The third-order valence-corrected chi connectivity index (χ3v) is 3.15. The van der Waals surface area contributed by atoms with Crippen LogP contribution in [0.3, 0.4) is 0 Å². The predicted molar refractivity (Wildman–Crippen MR) is 84.3 cm³/mol. The number of hydrogen-bond acceptors (Lipinski definition) is 3. The maximum Gasteiger partial charge on any atom is 0.291 e. The van der Waals surface area contributed by atoms with Crippen LogP contribution in [-0.2, 0) is 4.79 Å². The first-order valence-corrected chi connectivity index (χ1v) is 7.35. The van der Waals surface area contributed by atoms with E-state index in [4.69, 9.17) is 4.42 Å². The van der Waals surface area contributed by atoms with Gasteiger partial charge in [-0.05, 0) is 46.6 Å². The van der Waals surface area contributed by atoms with Crippen molar-refractivity contribution in [2.45, 2.75) is 19.8 Å². The molecule has 2 rings (SSSR count). The van der Waals surface area contributed by atoms with Crippen molar-refractivity contribution in [3.63, 3.8) is 0 Å². The van der Waals surface area contributed by atoms with Gasteiger partial charge in [-0.15, -0.1) is 0 Å². The fraction of sp³-hybridized carbons (Fsp3) is 0.200. The summed E-state index contributed by atoms with van der Waals surface area (Å²) in [6.45, 7) is 1.93. The van der Waals surface area contributed by atoms with Crippen LogP contribution in [0.4, 0.5) is 11.4 Å². The number of anilines is 2. The zero-order valence-electron chi connectivity index (χ0n) is 11.5. The van der Waals surface area contributed by atoms with Crippen LogP contribution in [0.1, 0.15) is 30.3 Å². The van der Waals surface area contributed by atoms with E-state index in [0.29, 0.717) is 22.5 Å². The van der Waals surface area contributed by atoms with Crippen molar-refractivity contribution in [2.24, 2.45) is 0 Å². The summed E-state index contributed by atoms with van der Waals surface area (Å²) in [5.74, 6) is -0.269. The van der Waals surface area contributed by atoms with E-state index < -0.39 is 0 Å². The second-order valence-electron chi connectivity index (χ2n) is 4.40. The summed E-state index contributed by atoms with van der Waals surface area (Å²) in [7, 11) is 0. The molecule has 2 amide bonds. The molecule has 1 heterocycles. The van der Waals surface area contributed by atoms with Gasteiger partial charge in [0.25, 0.3) is 5.91 Å². The van der Waals surface area contributed by atoms with Crippen LogP contribution in [0, 0.1) is 0 Å². The Morgan fingerprint density at radius 2 is 1.76 bits per heavy atom. The van der Waals surface area contributed by atoms with Gasteiger partial charge < -0.3 is 15.1 Å². The van der Waals surface area contributed by atoms with E-state index in [0.717, 1.165) is 6.42 Å². The van der Waals surface area contributed by atoms with Crippen LogP contribution >= 0.6 is 15.9 Å². The van der Waals surface area contributed by atoms with Gasteiger partial charge in [-0.25, -0.2) is 0 Å². The van der Waals surface area contributed by atoms with E-state index in [-0.39, 0.29) is 17.6 Å². The zero-order valence-corrected chi connectivity index (χ0v) is 13.1. The van der Waals surface area contributed by atoms with E-state index in [2.05, 4.69) is 26.6 Å². The maximum absolute atomic E-state index is 12.1. The molecule has 0 aliphatic rings. The Balaban J connectivity index is 2.12. The van der Waals surface area contributed by atoms with Crippen molar-refractivity contribution in [3.8, 4) is 0 Å². The number of halogens is 1. The number of carbonyl (C=O) groups excluding carboxylic acids is 2. The number of nitrogens with one attached hydrogen (secondary N) is 2. The van der Waals surface area contributed by atoms with Gasteiger partial charge in [-0.1, -0.05) is 19.1 Å². The SMILES string of the molecule is CCCC(=O)Nc1ccccc1NC(=O)c1ccc(Br)o1. The van der Waals surface area contributed by atoms with Crippen LogP contribution in [0.15, 0.2) is 45.5 Å². The number of benzene rings is 1. The molecule has 0 aliphatic heterocycles. The molecule has 5 nitrogen and oxygen atoms in total. The van der Waals surface area contributed by atoms with E-state index >= 15 is 0 Å². The molecule has 0 saturated heterocycles. The Labute approximate surface area is 130 Å². The molecule has 0 atom stereocenters. The van der Waals surface area contributed by atoms with Crippen LogP contribution in [0.25, 0.3) is 0 Å². The maximum atomic E-state index is 12.1. The summed E-state index contributed by atoms with van der Waals surface area (Å²) in [6.07, 6.45) is 1.20. The molecular formula is C15H15BrN2O3. The highest BCUT2D eigenvalue weighted by Crippen LogP contribution is 2.23. The average molecular weight is 351 g/mol. The van der Waals surface area contributed by atoms with Crippen molar-refractivity contribution < 1.29 is 14.0 Å². The average Bonchev–Trinajstić information content (AvgIpc) is 2.88. The lowest BCUT2D eigenvalue weighted by Crippen LogP contribution is -2.16. The molecule has 0 spiro atoms. The first kappa shape index (κ1) is 15.3. The molecule has 6 heteroatoms. The van der Waals surface area contributed by atoms with Gasteiger partial charge in [-0.3, -0.25) is 9.59 Å². The van der Waals surface area contributed by atoms with Crippen LogP contribution in [0.5, 0.6) is 0 Å². The number of hydrogen-bond donors (Lipinski definition) is 2. The Morgan fingerprint density at radius 1 is 1.10 bits per heavy atom. The van der Waals surface area contributed by atoms with Gasteiger partial charge in [0.15, 0.2) is 10.4 Å². The highest BCUT2D eigenvalue weighted by atomic mass is 79.9. The lowest BCUT2D eigenvalue weighted by molar-refractivity contribution is -0.116. The standard InChI is InChI=1S/C15H15BrN2O3/c1-2-5-14(19)17-10-6-3-4-7-11(10)18-15(20)12-8-9-13(16)21-12/h3-4,6-9H,2,5H2,1H3,(H,17,19)(H,18,20). The third-order valence-electron chi connectivity index (χ3n) is 2.72. The summed E-state index contributed by atoms with van der Waals surface area (Å²) < 4.78 is 5.68. The Morgan fingerprint density at radius 3 is 2.33 bits per heavy atom. The summed E-state index contributed by atoms with van der Waals surface area (Å²) in [4.78, 5) is 23.7. The molecular weight excluding hydrogens is 336 g/mol. The fourth-order valence-electron chi connectivity index (χ4n) is 1.76. The Hall–Kier alpha value is -2.08. The van der Waals surface area contributed by atoms with Crippen molar-refractivity contribution in [1.82, 2.24) is 0 Å². The van der Waals surface area contributed by atoms with Gasteiger partial charge >= 0.3 is 0 Å². The number of amides is 2. The van der Waals surface area contributed by atoms with Crippen LogP contribution < -0.4 is 10.6 Å². The van der Waals surface area contributed by atoms with Crippen LogP contribution in [-0.4, -0.2) is 11.8 Å². The molecule has 0 saturated carbocycles. The quantitative estimate of drug-likeness (QED) is 0.854. The topological polar surface area (TPSA) is 71.3 Å². The van der Waals surface area contributed by atoms with Crippen molar-refractivity contribution in [2.75, 3.05) is 10.6 Å². The molecule has 0 radical (unpaired) electrons. The van der Waals surface area contributed by atoms with Crippen LogP contribution in [0.2, 0.25) is 0 Å². The van der Waals surface area contributed by atoms with Crippen molar-refractivity contribution >= 4 is 39.1 Å². The normalized spacial score (nSPS) is 10.2. The van der Waals surface area contributed by atoms with Gasteiger partial charge in [-0.2, -0.15) is 0 Å². The molecule has 2 N–H and O–H groups in total. The first-order chi connectivity index (χ1) is 10.1. The Kier molecular flexibility index (Phi) is 5.16. The zero-order chi connectivity index (χ0) is 15.2. The third kappa shape index (κ3) is 4.19. The molecule has 110 valence electrons. The fourth-order valence-corrected chi connectivity index (χ4v) is 2.07. The molecule has 1 aromatic carbocycles. The van der Waals surface area contributed by atoms with E-state index in [9.17, 15) is 9.59 Å². The minimum Gasteiger partial charge on any atom is -0.444 e. The highest BCUT2D eigenvalue weighted by molar-refractivity contribution is 9.10. The molecule has 0 aliphatic carbocycles. The minimum absolute atomic E-state index is 0.0834. The number of carbonyl (C=O) groups is 2. The van der Waals surface area contributed by atoms with E-state index in [1.54, 1.807) is 36.4 Å². The van der Waals surface area contributed by atoms with E-state index in [1.165, 1.54) is 0 Å². The molecule has 0 bridgehead atoms. The summed E-state index contributed by atoms with van der Waals surface area (Å²) in [6, 6.07) is 10.2. The lowest BCUT2D eigenvalue weighted by Gasteiger charge is -2.11. The lowest BCUT2D eigenvalue weighted by atomic mass is 10.2. The second kappa shape index (κ2) is 7.08. The van der Waals surface area contributed by atoms with Gasteiger partial charge in [0.05, 0.1) is 11.4 Å². The number of para-hydroxylation sites is 2. The smallest absolute Gasteiger partial charge is 0.291 e. The highest BCUT2D eigenvalue weighted by Gasteiger charge is 2.13. The number of rotatable bonds is 5. The monoisotopic (exact) mass is 350 g/mol. The first-order valence-electron chi connectivity index (χ1n) is 6.55. The summed E-state index contributed by atoms with van der Waals surface area (Å²) in [5.41, 5.74) is 1.09. The predicted octanol–water partition coefficient (Wildman–Crippen LogP) is 4.03. The number of furan rings is 1. The van der Waals surface area contributed by atoms with Crippen molar-refractivity contribution in [1.29, 1.82) is 0 Å². The van der Waals surface area contributed by atoms with E-state index in [1.807, 2.05) is 6.92 Å². The second-order valence-corrected chi connectivity index (χ2v) is 5.18. The largest absolute Gasteiger partial charge is 0.444 e. The van der Waals surface area contributed by atoms with Gasteiger partial charge in [0.2, 0.25) is 5.91 Å². The molecule has 1 aromatic heterocycles. The summed E-state index contributed by atoms with van der Waals surface area (Å²) in [5, 5.41) is 5.50. The Bertz CT molecular complexity index is 652. The molecule has 2 aromatic rings.